The van der Waals surface area contributed by atoms with Crippen molar-refractivity contribution in [2.24, 2.45) is 5.10 Å². The highest BCUT2D eigenvalue weighted by Crippen LogP contribution is 2.27. The molecule has 0 unspecified atom stereocenters. The van der Waals surface area contributed by atoms with Crippen molar-refractivity contribution in [3.8, 4) is 5.75 Å². The van der Waals surface area contributed by atoms with Crippen molar-refractivity contribution in [2.75, 3.05) is 21.2 Å². The summed E-state index contributed by atoms with van der Waals surface area (Å²) in [4.78, 5) is 12.0. The first-order chi connectivity index (χ1) is 9.35. The molecule has 0 saturated carbocycles. The number of benzene rings is 1. The fourth-order valence-corrected chi connectivity index (χ4v) is 1.84. The Kier molecular flexibility index (Phi) is 5.57. The standard InChI is InChI=1S/C12H17ClN4O3/c1-8-5-11(20-4)10(13)6-9(8)7-14-12(16(2)3)15-17(18)19/h5-6H,7H2,1-4H3,(H,14,15). The average molecular weight is 301 g/mol. The van der Waals surface area contributed by atoms with Crippen LogP contribution in [0.15, 0.2) is 17.2 Å². The molecule has 0 saturated heterocycles. The third kappa shape index (κ3) is 4.27. The van der Waals surface area contributed by atoms with Crippen LogP contribution in [-0.2, 0) is 6.54 Å². The summed E-state index contributed by atoms with van der Waals surface area (Å²) in [5.41, 5.74) is 1.88. The summed E-state index contributed by atoms with van der Waals surface area (Å²) < 4.78 is 5.12. The molecule has 1 aromatic carbocycles. The van der Waals surface area contributed by atoms with Crippen LogP contribution in [0.5, 0.6) is 5.75 Å². The Morgan fingerprint density at radius 3 is 2.70 bits per heavy atom. The van der Waals surface area contributed by atoms with Crippen LogP contribution in [0.2, 0.25) is 5.02 Å². The van der Waals surface area contributed by atoms with Crippen molar-refractivity contribution >= 4 is 17.6 Å². The van der Waals surface area contributed by atoms with Crippen LogP contribution in [0, 0.1) is 17.0 Å². The molecule has 0 aliphatic carbocycles. The summed E-state index contributed by atoms with van der Waals surface area (Å²) in [5.74, 6) is 0.765. The van der Waals surface area contributed by atoms with Crippen LogP contribution >= 0.6 is 11.6 Å². The van der Waals surface area contributed by atoms with Crippen LogP contribution in [0.1, 0.15) is 11.1 Å². The lowest BCUT2D eigenvalue weighted by Gasteiger charge is -2.16. The first-order valence-corrected chi connectivity index (χ1v) is 6.20. The lowest BCUT2D eigenvalue weighted by atomic mass is 10.1. The van der Waals surface area contributed by atoms with Gasteiger partial charge in [0.2, 0.25) is 0 Å². The van der Waals surface area contributed by atoms with Gasteiger partial charge in [0.15, 0.2) is 5.03 Å². The second kappa shape index (κ2) is 6.95. The van der Waals surface area contributed by atoms with Gasteiger partial charge in [-0.15, -0.1) is 0 Å². The third-order valence-corrected chi connectivity index (χ3v) is 2.94. The Morgan fingerprint density at radius 1 is 1.55 bits per heavy atom. The highest BCUT2D eigenvalue weighted by Gasteiger charge is 2.10. The molecule has 8 heteroatoms. The van der Waals surface area contributed by atoms with Crippen LogP contribution in [-0.4, -0.2) is 37.1 Å². The maximum atomic E-state index is 10.4. The van der Waals surface area contributed by atoms with Crippen LogP contribution in [0.3, 0.4) is 0 Å². The number of nitro groups is 1. The van der Waals surface area contributed by atoms with Crippen LogP contribution in [0.25, 0.3) is 0 Å². The van der Waals surface area contributed by atoms with E-state index in [0.29, 0.717) is 17.3 Å². The first kappa shape index (κ1) is 16.0. The molecule has 0 aliphatic heterocycles. The second-order valence-electron chi connectivity index (χ2n) is 4.32. The van der Waals surface area contributed by atoms with Gasteiger partial charge in [-0.3, -0.25) is 0 Å². The second-order valence-corrected chi connectivity index (χ2v) is 4.73. The number of hydrazone groups is 1. The zero-order chi connectivity index (χ0) is 15.3. The van der Waals surface area contributed by atoms with Gasteiger partial charge in [0, 0.05) is 20.6 Å². The molecule has 0 bridgehead atoms. The normalized spacial score (nSPS) is 11.2. The van der Waals surface area contributed by atoms with E-state index in [-0.39, 0.29) is 5.96 Å². The molecule has 0 radical (unpaired) electrons. The number of ether oxygens (including phenoxy) is 1. The van der Waals surface area contributed by atoms with Gasteiger partial charge >= 0.3 is 0 Å². The Balaban J connectivity index is 2.89. The van der Waals surface area contributed by atoms with E-state index in [9.17, 15) is 10.1 Å². The van der Waals surface area contributed by atoms with E-state index >= 15 is 0 Å². The molecule has 20 heavy (non-hydrogen) atoms. The van der Waals surface area contributed by atoms with E-state index < -0.39 is 5.03 Å². The van der Waals surface area contributed by atoms with Gasteiger partial charge in [0.1, 0.15) is 10.9 Å². The van der Waals surface area contributed by atoms with Crippen LogP contribution in [0.4, 0.5) is 0 Å². The Morgan fingerprint density at radius 2 is 2.20 bits per heavy atom. The lowest BCUT2D eigenvalue weighted by molar-refractivity contribution is -0.485. The summed E-state index contributed by atoms with van der Waals surface area (Å²) in [6.07, 6.45) is 0. The highest BCUT2D eigenvalue weighted by molar-refractivity contribution is 6.32. The topological polar surface area (TPSA) is 80.0 Å². The molecule has 0 aromatic heterocycles. The molecule has 0 atom stereocenters. The van der Waals surface area contributed by atoms with E-state index in [1.807, 2.05) is 13.0 Å². The molecule has 0 heterocycles. The van der Waals surface area contributed by atoms with Crippen molar-refractivity contribution in [3.05, 3.63) is 38.4 Å². The monoisotopic (exact) mass is 300 g/mol. The molecule has 1 rings (SSSR count). The van der Waals surface area contributed by atoms with Gasteiger partial charge in [-0.25, -0.2) is 10.1 Å². The van der Waals surface area contributed by atoms with E-state index in [0.717, 1.165) is 11.1 Å². The smallest absolute Gasteiger partial charge is 0.271 e. The average Bonchev–Trinajstić information content (AvgIpc) is 2.36. The summed E-state index contributed by atoms with van der Waals surface area (Å²) in [6.45, 7) is 2.29. The number of guanidine groups is 1. The maximum absolute atomic E-state index is 10.4. The Labute approximate surface area is 122 Å². The fraction of sp³-hybridized carbons (Fsp3) is 0.417. The minimum Gasteiger partial charge on any atom is -0.495 e. The largest absolute Gasteiger partial charge is 0.495 e. The van der Waals surface area contributed by atoms with E-state index in [4.69, 9.17) is 16.3 Å². The van der Waals surface area contributed by atoms with Gasteiger partial charge < -0.3 is 15.0 Å². The number of methoxy groups -OCH3 is 1. The third-order valence-electron chi connectivity index (χ3n) is 2.65. The Bertz CT molecular complexity index is 532. The SMILES string of the molecule is COc1cc(C)c(CN/C(=N/[N+](=O)[O-])N(C)C)cc1Cl. The number of halogens is 1. The van der Waals surface area contributed by atoms with Gasteiger partial charge in [-0.1, -0.05) is 11.6 Å². The quantitative estimate of drug-likeness (QED) is 0.397. The summed E-state index contributed by atoms with van der Waals surface area (Å²) in [5, 5.41) is 16.4. The predicted molar refractivity (Wildman–Crippen MR) is 77.7 cm³/mol. The number of nitrogens with zero attached hydrogens (tertiary/aromatic N) is 3. The molecule has 110 valence electrons. The first-order valence-electron chi connectivity index (χ1n) is 5.82. The van der Waals surface area contributed by atoms with E-state index in [2.05, 4.69) is 10.4 Å². The van der Waals surface area contributed by atoms with Gasteiger partial charge in [-0.05, 0) is 30.2 Å². The van der Waals surface area contributed by atoms with Gasteiger partial charge in [-0.2, -0.15) is 0 Å². The summed E-state index contributed by atoms with van der Waals surface area (Å²) in [7, 11) is 4.89. The minimum absolute atomic E-state index is 0.168. The molecule has 0 fully saturated rings. The number of hydrogen-bond acceptors (Lipinski definition) is 3. The molecular weight excluding hydrogens is 284 g/mol. The fourth-order valence-electron chi connectivity index (χ4n) is 1.58. The van der Waals surface area contributed by atoms with Crippen molar-refractivity contribution in [2.45, 2.75) is 13.5 Å². The van der Waals surface area contributed by atoms with Gasteiger partial charge in [0.25, 0.3) is 5.96 Å². The molecule has 0 aliphatic rings. The molecule has 7 nitrogen and oxygen atoms in total. The molecule has 1 aromatic rings. The van der Waals surface area contributed by atoms with Crippen molar-refractivity contribution in [1.29, 1.82) is 0 Å². The van der Waals surface area contributed by atoms with E-state index in [1.165, 1.54) is 4.90 Å². The zero-order valence-electron chi connectivity index (χ0n) is 11.8. The summed E-state index contributed by atoms with van der Waals surface area (Å²) >= 11 is 6.06. The number of nitrogens with one attached hydrogen (secondary N) is 1. The van der Waals surface area contributed by atoms with Crippen molar-refractivity contribution in [3.63, 3.8) is 0 Å². The highest BCUT2D eigenvalue weighted by atomic mass is 35.5. The maximum Gasteiger partial charge on any atom is 0.271 e. The van der Waals surface area contributed by atoms with Crippen molar-refractivity contribution < 1.29 is 9.77 Å². The number of rotatable bonds is 4. The zero-order valence-corrected chi connectivity index (χ0v) is 12.6. The molecule has 0 spiro atoms. The summed E-state index contributed by atoms with van der Waals surface area (Å²) in [6, 6.07) is 3.58. The Hall–Kier alpha value is -2.02. The minimum atomic E-state index is -0.740. The molecular formula is C12H17ClN4O3. The van der Waals surface area contributed by atoms with Gasteiger partial charge in [0.05, 0.1) is 12.1 Å². The number of aryl methyl sites for hydroxylation is 1. The number of hydrogen-bond donors (Lipinski definition) is 1. The lowest BCUT2D eigenvalue weighted by Crippen LogP contribution is -2.36. The van der Waals surface area contributed by atoms with Crippen molar-refractivity contribution in [1.82, 2.24) is 10.2 Å². The van der Waals surface area contributed by atoms with E-state index in [1.54, 1.807) is 27.3 Å². The molecule has 0 amide bonds. The molecule has 1 N–H and O–H groups in total. The predicted octanol–water partition coefficient (Wildman–Crippen LogP) is 1.86. The van der Waals surface area contributed by atoms with Crippen LogP contribution < -0.4 is 10.1 Å².